The number of hydrogen-bond acceptors (Lipinski definition) is 14. The third-order valence-corrected chi connectivity index (χ3v) is 5.64. The van der Waals surface area contributed by atoms with Crippen LogP contribution in [0, 0.1) is 0 Å². The molecule has 4 aromatic carbocycles. The number of phenols is 10. The minimum Gasteiger partial charge on any atom is -0.507 e. The zero-order valence-electron chi connectivity index (χ0n) is 19.7. The fourth-order valence-electron chi connectivity index (χ4n) is 3.57. The summed E-state index contributed by atoms with van der Waals surface area (Å²) < 4.78 is 0. The van der Waals surface area contributed by atoms with Crippen LogP contribution in [0.5, 0.6) is 69.0 Å². The second-order valence-electron chi connectivity index (χ2n) is 8.11. The van der Waals surface area contributed by atoms with Gasteiger partial charge < -0.3 is 51.1 Å². The van der Waals surface area contributed by atoms with Gasteiger partial charge in [0.15, 0.2) is 34.5 Å². The summed E-state index contributed by atoms with van der Waals surface area (Å²) in [6.07, 6.45) is 0. The van der Waals surface area contributed by atoms with Gasteiger partial charge in [-0.05, 0) is 36.4 Å². The van der Waals surface area contributed by atoms with Crippen LogP contribution in [-0.2, 0) is 0 Å². The van der Waals surface area contributed by atoms with Gasteiger partial charge >= 0.3 is 0 Å². The number of rotatable bonds is 7. The van der Waals surface area contributed by atoms with Crippen LogP contribution in [0.15, 0.2) is 48.5 Å². The minimum absolute atomic E-state index is 0.501. The molecule has 0 fully saturated rings. The lowest BCUT2D eigenvalue weighted by atomic mass is 9.99. The molecule has 0 unspecified atom stereocenters. The van der Waals surface area contributed by atoms with Gasteiger partial charge in [-0.1, -0.05) is 12.1 Å². The first kappa shape index (κ1) is 26.9. The molecule has 14 heteroatoms. The average molecular weight is 554 g/mol. The summed E-state index contributed by atoms with van der Waals surface area (Å²) in [5.74, 6) is -13.6. The maximum Gasteiger partial charge on any atom is 0.220 e. The molecule has 0 amide bonds. The van der Waals surface area contributed by atoms with Crippen molar-refractivity contribution in [2.75, 3.05) is 0 Å². The normalized spacial score (nSPS) is 10.7. The van der Waals surface area contributed by atoms with Crippen molar-refractivity contribution in [2.45, 2.75) is 0 Å². The molecule has 0 aromatic heterocycles. The molecular formula is C26H18O14. The smallest absolute Gasteiger partial charge is 0.220 e. The Morgan fingerprint density at radius 1 is 0.450 bits per heavy atom. The first-order valence-electron chi connectivity index (χ1n) is 10.9. The fourth-order valence-corrected chi connectivity index (χ4v) is 3.57. The maximum atomic E-state index is 13.1. The van der Waals surface area contributed by atoms with E-state index in [9.17, 15) is 60.7 Å². The molecule has 0 heterocycles. The van der Waals surface area contributed by atoms with Crippen LogP contribution in [0.3, 0.4) is 0 Å². The van der Waals surface area contributed by atoms with E-state index >= 15 is 0 Å². The number of carbonyl (C=O) groups is 2. The van der Waals surface area contributed by atoms with Gasteiger partial charge in [0.05, 0.1) is 16.7 Å². The highest BCUT2D eigenvalue weighted by atomic mass is 17.2. The first-order chi connectivity index (χ1) is 18.8. The average Bonchev–Trinajstić information content (AvgIpc) is 2.93. The van der Waals surface area contributed by atoms with E-state index in [1.165, 1.54) is 12.1 Å². The topological polar surface area (TPSA) is 255 Å². The van der Waals surface area contributed by atoms with Gasteiger partial charge in [0.25, 0.3) is 0 Å². The number of benzene rings is 4. The number of para-hydroxylation sites is 1. The van der Waals surface area contributed by atoms with Gasteiger partial charge in [-0.3, -0.25) is 19.4 Å². The summed E-state index contributed by atoms with van der Waals surface area (Å²) in [6, 6.07) is 8.08. The predicted molar refractivity (Wildman–Crippen MR) is 131 cm³/mol. The molecule has 0 saturated heterocycles. The molecule has 0 aliphatic heterocycles. The molecule has 10 N–H and O–H groups in total. The molecule has 0 radical (unpaired) electrons. The predicted octanol–water partition coefficient (Wildman–Crippen LogP) is 2.58. The van der Waals surface area contributed by atoms with Gasteiger partial charge in [0.2, 0.25) is 40.3 Å². The summed E-state index contributed by atoms with van der Waals surface area (Å²) in [6.45, 7) is 0. The van der Waals surface area contributed by atoms with E-state index in [1.807, 2.05) is 0 Å². The minimum atomic E-state index is -1.20. The van der Waals surface area contributed by atoms with E-state index in [0.717, 1.165) is 24.3 Å². The van der Waals surface area contributed by atoms with Crippen molar-refractivity contribution in [3.63, 3.8) is 0 Å². The lowest BCUT2D eigenvalue weighted by Gasteiger charge is -2.14. The largest absolute Gasteiger partial charge is 0.507 e. The van der Waals surface area contributed by atoms with Gasteiger partial charge in [-0.15, -0.1) is 0 Å². The van der Waals surface area contributed by atoms with Crippen LogP contribution in [-0.4, -0.2) is 62.6 Å². The SMILES string of the molecule is O=C(c1cccc(OOc2cccc(O)c2C(=O)c2cc(O)c(O)c(O)c2O)c1O)c1cc(O)c(O)c(O)c1O. The van der Waals surface area contributed by atoms with Crippen molar-refractivity contribution in [3.05, 3.63) is 70.8 Å². The van der Waals surface area contributed by atoms with Crippen LogP contribution < -0.4 is 9.78 Å². The molecule has 0 saturated carbocycles. The Balaban J connectivity index is 1.68. The number of carbonyl (C=O) groups excluding carboxylic acids is 2. The Labute approximate surface area is 222 Å². The van der Waals surface area contributed by atoms with E-state index < -0.39 is 103 Å². The molecule has 4 aromatic rings. The number of aromatic hydroxyl groups is 10. The lowest BCUT2D eigenvalue weighted by Crippen LogP contribution is -2.10. The summed E-state index contributed by atoms with van der Waals surface area (Å²) >= 11 is 0. The van der Waals surface area contributed by atoms with Gasteiger partial charge in [0.1, 0.15) is 11.3 Å². The number of hydrogen-bond donors (Lipinski definition) is 10. The zero-order chi connectivity index (χ0) is 29.5. The quantitative estimate of drug-likeness (QED) is 0.0518. The van der Waals surface area contributed by atoms with Gasteiger partial charge in [0, 0.05) is 0 Å². The van der Waals surface area contributed by atoms with Gasteiger partial charge in [-0.2, -0.15) is 0 Å². The first-order valence-corrected chi connectivity index (χ1v) is 10.9. The van der Waals surface area contributed by atoms with Crippen molar-refractivity contribution in [1.29, 1.82) is 0 Å². The Morgan fingerprint density at radius 3 is 1.50 bits per heavy atom. The van der Waals surface area contributed by atoms with Crippen molar-refractivity contribution in [2.24, 2.45) is 0 Å². The third kappa shape index (κ3) is 4.41. The summed E-state index contributed by atoms with van der Waals surface area (Å²) in [5.41, 5.74) is -2.60. The molecule has 0 atom stereocenters. The highest BCUT2D eigenvalue weighted by molar-refractivity contribution is 6.15. The second-order valence-corrected chi connectivity index (χ2v) is 8.11. The van der Waals surface area contributed by atoms with E-state index in [0.29, 0.717) is 12.1 Å². The van der Waals surface area contributed by atoms with E-state index in [-0.39, 0.29) is 0 Å². The third-order valence-electron chi connectivity index (χ3n) is 5.64. The monoisotopic (exact) mass is 554 g/mol. The lowest BCUT2D eigenvalue weighted by molar-refractivity contribution is -0.102. The molecule has 0 aliphatic rings. The van der Waals surface area contributed by atoms with Crippen LogP contribution >= 0.6 is 0 Å². The summed E-state index contributed by atoms with van der Waals surface area (Å²) in [5, 5.41) is 98.9. The van der Waals surface area contributed by atoms with Crippen molar-refractivity contribution >= 4 is 11.6 Å². The molecule has 0 aliphatic carbocycles. The fraction of sp³-hybridized carbons (Fsp3) is 0. The van der Waals surface area contributed by atoms with E-state index in [2.05, 4.69) is 0 Å². The summed E-state index contributed by atoms with van der Waals surface area (Å²) in [7, 11) is 0. The molecule has 0 spiro atoms. The Kier molecular flexibility index (Phi) is 6.68. The molecular weight excluding hydrogens is 536 g/mol. The second kappa shape index (κ2) is 9.94. The van der Waals surface area contributed by atoms with Crippen molar-refractivity contribution < 1.29 is 70.4 Å². The highest BCUT2D eigenvalue weighted by Crippen LogP contribution is 2.47. The Hall–Kier alpha value is -6.18. The van der Waals surface area contributed by atoms with Crippen LogP contribution in [0.25, 0.3) is 0 Å². The zero-order valence-corrected chi connectivity index (χ0v) is 19.7. The summed E-state index contributed by atoms with van der Waals surface area (Å²) in [4.78, 5) is 36.1. The Bertz CT molecular complexity index is 1690. The molecule has 14 nitrogen and oxygen atoms in total. The molecule has 0 bridgehead atoms. The Morgan fingerprint density at radius 2 is 0.925 bits per heavy atom. The number of ketones is 2. The van der Waals surface area contributed by atoms with Crippen molar-refractivity contribution in [3.8, 4) is 69.0 Å². The highest BCUT2D eigenvalue weighted by Gasteiger charge is 2.28. The standard InChI is InChI=1S/C26H18O14/c27-12-4-2-5-15(17(12)20(32)11-8-14(29)24(36)26(38)22(11)34)39-40-16-6-1-3-9(19(16)31)18(30)10-7-13(28)23(35)25(37)21(10)33/h1-8,27-29,31,33-38H. The van der Waals surface area contributed by atoms with Crippen LogP contribution in [0.4, 0.5) is 0 Å². The number of phenolic OH excluding ortho intramolecular Hbond substituents is 10. The van der Waals surface area contributed by atoms with E-state index in [1.54, 1.807) is 0 Å². The van der Waals surface area contributed by atoms with E-state index in [4.69, 9.17) is 9.78 Å². The van der Waals surface area contributed by atoms with Crippen molar-refractivity contribution in [1.82, 2.24) is 0 Å². The molecule has 206 valence electrons. The maximum absolute atomic E-state index is 13.1. The van der Waals surface area contributed by atoms with Crippen LogP contribution in [0.2, 0.25) is 0 Å². The molecule has 40 heavy (non-hydrogen) atoms. The molecule has 4 rings (SSSR count). The van der Waals surface area contributed by atoms with Crippen LogP contribution in [0.1, 0.15) is 31.8 Å². The van der Waals surface area contributed by atoms with Gasteiger partial charge in [-0.25, -0.2) is 0 Å².